The monoisotopic (exact) mass is 283 g/mol. The molecule has 0 aliphatic rings. The fraction of sp³-hybridized carbons (Fsp3) is 0.250. The van der Waals surface area contributed by atoms with E-state index in [-0.39, 0.29) is 19.1 Å². The number of nitrogens with one attached hydrogen (secondary N) is 2. The van der Waals surface area contributed by atoms with Crippen LogP contribution in [0.3, 0.4) is 0 Å². The van der Waals surface area contributed by atoms with Crippen molar-refractivity contribution in [1.29, 1.82) is 5.26 Å². The molecule has 0 radical (unpaired) electrons. The molecule has 2 aromatic carbocycles. The molecule has 108 valence electrons. The number of fused-ring (bicyclic) bond motifs is 1. The van der Waals surface area contributed by atoms with E-state index in [1.807, 2.05) is 49.5 Å². The quantitative estimate of drug-likeness (QED) is 0.789. The molecule has 2 rings (SSSR count). The van der Waals surface area contributed by atoms with Gasteiger partial charge < -0.3 is 15.4 Å². The number of hydrogen-bond donors (Lipinski definition) is 2. The van der Waals surface area contributed by atoms with Gasteiger partial charge in [-0.25, -0.2) is 0 Å². The van der Waals surface area contributed by atoms with Crippen LogP contribution in [0.1, 0.15) is 5.56 Å². The van der Waals surface area contributed by atoms with E-state index in [9.17, 15) is 4.79 Å². The molecule has 0 aliphatic heterocycles. The van der Waals surface area contributed by atoms with Gasteiger partial charge in [-0.05, 0) is 23.9 Å². The molecule has 0 saturated heterocycles. The zero-order chi connectivity index (χ0) is 15.1. The first-order valence-corrected chi connectivity index (χ1v) is 6.68. The molecule has 5 nitrogen and oxygen atoms in total. The van der Waals surface area contributed by atoms with Gasteiger partial charge in [-0.1, -0.05) is 30.3 Å². The van der Waals surface area contributed by atoms with Crippen LogP contribution in [0.15, 0.2) is 36.4 Å². The molecule has 0 aromatic heterocycles. The Morgan fingerprint density at radius 1 is 1.29 bits per heavy atom. The average molecular weight is 283 g/mol. The van der Waals surface area contributed by atoms with Crippen LogP contribution in [-0.4, -0.2) is 26.1 Å². The van der Waals surface area contributed by atoms with Crippen molar-refractivity contribution in [2.24, 2.45) is 0 Å². The lowest BCUT2D eigenvalue weighted by molar-refractivity contribution is -0.122. The first kappa shape index (κ1) is 14.8. The molecule has 0 atom stereocenters. The van der Waals surface area contributed by atoms with Gasteiger partial charge in [0.15, 0.2) is 6.61 Å². The Hall–Kier alpha value is -2.58. The molecule has 2 N–H and O–H groups in total. The summed E-state index contributed by atoms with van der Waals surface area (Å²) in [5.74, 6) is 0.371. The van der Waals surface area contributed by atoms with Crippen LogP contribution in [0.2, 0.25) is 0 Å². The molecular formula is C16H17N3O2. The lowest BCUT2D eigenvalue weighted by Gasteiger charge is -2.13. The van der Waals surface area contributed by atoms with Gasteiger partial charge in [0.1, 0.15) is 12.3 Å². The van der Waals surface area contributed by atoms with E-state index in [0.717, 1.165) is 16.3 Å². The second kappa shape index (κ2) is 7.27. The van der Waals surface area contributed by atoms with E-state index in [2.05, 4.69) is 10.6 Å². The first-order chi connectivity index (χ1) is 10.3. The predicted molar refractivity (Wildman–Crippen MR) is 80.8 cm³/mol. The Bertz CT molecular complexity index is 677. The summed E-state index contributed by atoms with van der Waals surface area (Å²) < 4.78 is 5.60. The molecule has 0 saturated carbocycles. The molecular weight excluding hydrogens is 266 g/mol. The van der Waals surface area contributed by atoms with Crippen molar-refractivity contribution in [3.8, 4) is 11.8 Å². The van der Waals surface area contributed by atoms with Crippen molar-refractivity contribution >= 4 is 16.7 Å². The summed E-state index contributed by atoms with van der Waals surface area (Å²) in [6, 6.07) is 13.7. The summed E-state index contributed by atoms with van der Waals surface area (Å²) in [6.07, 6.45) is 0. The van der Waals surface area contributed by atoms with Gasteiger partial charge in [-0.2, -0.15) is 5.26 Å². The van der Waals surface area contributed by atoms with E-state index < -0.39 is 0 Å². The Morgan fingerprint density at radius 2 is 2.10 bits per heavy atom. The van der Waals surface area contributed by atoms with Crippen LogP contribution in [0, 0.1) is 11.3 Å². The third-order valence-corrected chi connectivity index (χ3v) is 3.07. The summed E-state index contributed by atoms with van der Waals surface area (Å²) in [7, 11) is 1.87. The lowest BCUT2D eigenvalue weighted by Crippen LogP contribution is -2.29. The summed E-state index contributed by atoms with van der Waals surface area (Å²) in [5.41, 5.74) is 1.02. The highest BCUT2D eigenvalue weighted by molar-refractivity contribution is 5.88. The molecule has 5 heteroatoms. The van der Waals surface area contributed by atoms with E-state index in [1.165, 1.54) is 0 Å². The number of ether oxygens (including phenoxy) is 1. The number of benzene rings is 2. The van der Waals surface area contributed by atoms with Crippen molar-refractivity contribution in [1.82, 2.24) is 10.6 Å². The van der Waals surface area contributed by atoms with Crippen molar-refractivity contribution in [3.63, 3.8) is 0 Å². The topological polar surface area (TPSA) is 74.2 Å². The predicted octanol–water partition coefficient (Wildman–Crippen LogP) is 1.58. The largest absolute Gasteiger partial charge is 0.483 e. The molecule has 0 aliphatic carbocycles. The van der Waals surface area contributed by atoms with Crippen LogP contribution in [0.5, 0.6) is 5.75 Å². The van der Waals surface area contributed by atoms with Crippen LogP contribution >= 0.6 is 0 Å². The van der Waals surface area contributed by atoms with Crippen molar-refractivity contribution in [3.05, 3.63) is 42.0 Å². The van der Waals surface area contributed by atoms with E-state index in [1.54, 1.807) is 0 Å². The standard InChI is InChI=1S/C16H17N3O2/c1-18-10-14-13-5-3-2-4-12(13)6-7-15(14)21-11-16(20)19-9-8-17/h2-7,18H,9-11H2,1H3,(H,19,20). The lowest BCUT2D eigenvalue weighted by atomic mass is 10.0. The number of carbonyl (C=O) groups excluding carboxylic acids is 1. The van der Waals surface area contributed by atoms with Crippen LogP contribution in [0.4, 0.5) is 0 Å². The normalized spacial score (nSPS) is 10.1. The van der Waals surface area contributed by atoms with Crippen molar-refractivity contribution in [2.45, 2.75) is 6.54 Å². The Balaban J connectivity index is 2.21. The number of nitriles is 1. The molecule has 1 amide bonds. The minimum atomic E-state index is -0.305. The van der Waals surface area contributed by atoms with Crippen LogP contribution < -0.4 is 15.4 Å². The molecule has 0 fully saturated rings. The van der Waals surface area contributed by atoms with E-state index >= 15 is 0 Å². The highest BCUT2D eigenvalue weighted by atomic mass is 16.5. The number of rotatable bonds is 6. The zero-order valence-corrected chi connectivity index (χ0v) is 11.8. The van der Waals surface area contributed by atoms with Gasteiger partial charge in [0.05, 0.1) is 6.07 Å². The number of amides is 1. The maximum Gasteiger partial charge on any atom is 0.258 e. The number of carbonyl (C=O) groups is 1. The van der Waals surface area contributed by atoms with E-state index in [0.29, 0.717) is 12.3 Å². The Kier molecular flexibility index (Phi) is 5.13. The minimum absolute atomic E-state index is 0.0106. The second-order valence-corrected chi connectivity index (χ2v) is 4.52. The van der Waals surface area contributed by atoms with Gasteiger partial charge in [-0.15, -0.1) is 0 Å². The van der Waals surface area contributed by atoms with Gasteiger partial charge in [0.2, 0.25) is 0 Å². The van der Waals surface area contributed by atoms with E-state index in [4.69, 9.17) is 10.00 Å². The third-order valence-electron chi connectivity index (χ3n) is 3.07. The smallest absolute Gasteiger partial charge is 0.258 e. The second-order valence-electron chi connectivity index (χ2n) is 4.52. The molecule has 2 aromatic rings. The molecule has 0 spiro atoms. The van der Waals surface area contributed by atoms with Crippen molar-refractivity contribution < 1.29 is 9.53 Å². The molecule has 0 unspecified atom stereocenters. The maximum absolute atomic E-state index is 11.5. The van der Waals surface area contributed by atoms with Crippen LogP contribution in [-0.2, 0) is 11.3 Å². The molecule has 0 bridgehead atoms. The van der Waals surface area contributed by atoms with Gasteiger partial charge in [0.25, 0.3) is 5.91 Å². The average Bonchev–Trinajstić information content (AvgIpc) is 2.52. The zero-order valence-electron chi connectivity index (χ0n) is 11.8. The number of nitrogens with zero attached hydrogens (tertiary/aromatic N) is 1. The van der Waals surface area contributed by atoms with Gasteiger partial charge >= 0.3 is 0 Å². The van der Waals surface area contributed by atoms with Gasteiger partial charge in [-0.3, -0.25) is 4.79 Å². The number of hydrogen-bond acceptors (Lipinski definition) is 4. The SMILES string of the molecule is CNCc1c(OCC(=O)NCC#N)ccc2ccccc12. The summed E-state index contributed by atoms with van der Waals surface area (Å²) in [4.78, 5) is 11.5. The summed E-state index contributed by atoms with van der Waals surface area (Å²) in [6.45, 7) is 0.538. The Morgan fingerprint density at radius 3 is 2.86 bits per heavy atom. The van der Waals surface area contributed by atoms with Crippen LogP contribution in [0.25, 0.3) is 10.8 Å². The fourth-order valence-corrected chi connectivity index (χ4v) is 2.14. The molecule has 21 heavy (non-hydrogen) atoms. The molecule has 0 heterocycles. The third kappa shape index (κ3) is 3.71. The first-order valence-electron chi connectivity index (χ1n) is 6.68. The minimum Gasteiger partial charge on any atom is -0.483 e. The van der Waals surface area contributed by atoms with Crippen molar-refractivity contribution in [2.75, 3.05) is 20.2 Å². The maximum atomic E-state index is 11.5. The Labute approximate surface area is 123 Å². The summed E-state index contributed by atoms with van der Waals surface area (Å²) in [5, 5.41) is 16.2. The fourth-order valence-electron chi connectivity index (χ4n) is 2.14. The van der Waals surface area contributed by atoms with Gasteiger partial charge in [0, 0.05) is 12.1 Å². The summed E-state index contributed by atoms with van der Waals surface area (Å²) >= 11 is 0. The highest BCUT2D eigenvalue weighted by Crippen LogP contribution is 2.28. The highest BCUT2D eigenvalue weighted by Gasteiger charge is 2.09.